The fourth-order valence-corrected chi connectivity index (χ4v) is 4.61. The summed E-state index contributed by atoms with van der Waals surface area (Å²) in [6.07, 6.45) is 2.58. The number of ketones is 1. The lowest BCUT2D eigenvalue weighted by Crippen LogP contribution is -2.16. The first-order valence-corrected chi connectivity index (χ1v) is 12.3. The van der Waals surface area contributed by atoms with Crippen molar-refractivity contribution in [1.29, 1.82) is 0 Å². The zero-order chi connectivity index (χ0) is 22.1. The van der Waals surface area contributed by atoms with Crippen LogP contribution in [0.1, 0.15) is 21.6 Å². The van der Waals surface area contributed by atoms with Crippen LogP contribution < -0.4 is 4.72 Å². The molecule has 0 aliphatic heterocycles. The maximum atomic E-state index is 13.0. The number of pyridine rings is 1. The van der Waals surface area contributed by atoms with Gasteiger partial charge in [-0.25, -0.2) is 16.8 Å². The molecule has 0 saturated heterocycles. The minimum Gasteiger partial charge on any atom is -0.288 e. The Morgan fingerprint density at radius 2 is 1.57 bits per heavy atom. The number of nitrogens with zero attached hydrogens (tertiary/aromatic N) is 1. The number of nitrogens with one attached hydrogen (secondary N) is 1. The van der Waals surface area contributed by atoms with E-state index in [2.05, 4.69) is 9.71 Å². The van der Waals surface area contributed by atoms with E-state index in [1.807, 2.05) is 0 Å². The van der Waals surface area contributed by atoms with Crippen LogP contribution in [0, 0.1) is 6.92 Å². The van der Waals surface area contributed by atoms with Crippen molar-refractivity contribution in [2.75, 3.05) is 11.0 Å². The number of carbonyl (C=O) groups is 1. The smallest absolute Gasteiger partial charge is 0.261 e. The van der Waals surface area contributed by atoms with E-state index >= 15 is 0 Å². The van der Waals surface area contributed by atoms with Gasteiger partial charge in [0.15, 0.2) is 15.6 Å². The van der Waals surface area contributed by atoms with E-state index in [4.69, 9.17) is 11.6 Å². The molecule has 30 heavy (non-hydrogen) atoms. The Bertz CT molecular complexity index is 1340. The number of sulfone groups is 1. The number of hydrogen-bond acceptors (Lipinski definition) is 6. The molecule has 1 aromatic heterocycles. The van der Waals surface area contributed by atoms with Crippen molar-refractivity contribution in [2.45, 2.75) is 16.7 Å². The van der Waals surface area contributed by atoms with E-state index in [-0.39, 0.29) is 26.1 Å². The summed E-state index contributed by atoms with van der Waals surface area (Å²) in [5.74, 6) is -0.437. The van der Waals surface area contributed by atoms with Gasteiger partial charge in [-0.3, -0.25) is 14.5 Å². The molecule has 0 saturated carbocycles. The molecule has 7 nitrogen and oxygen atoms in total. The van der Waals surface area contributed by atoms with Crippen LogP contribution in [0.25, 0.3) is 0 Å². The van der Waals surface area contributed by atoms with Gasteiger partial charge in [0.2, 0.25) is 0 Å². The van der Waals surface area contributed by atoms with Gasteiger partial charge in [0.05, 0.1) is 15.5 Å². The van der Waals surface area contributed by atoms with Crippen LogP contribution in [0.2, 0.25) is 5.02 Å². The van der Waals surface area contributed by atoms with Crippen LogP contribution in [0.15, 0.2) is 70.6 Å². The van der Waals surface area contributed by atoms with Crippen molar-refractivity contribution in [3.63, 3.8) is 0 Å². The summed E-state index contributed by atoms with van der Waals surface area (Å²) in [4.78, 5) is 16.9. The predicted molar refractivity (Wildman–Crippen MR) is 114 cm³/mol. The monoisotopic (exact) mass is 464 g/mol. The second-order valence-electron chi connectivity index (χ2n) is 6.50. The molecule has 0 radical (unpaired) electrons. The Labute approximate surface area is 179 Å². The number of hydrogen-bond donors (Lipinski definition) is 1. The highest BCUT2D eigenvalue weighted by atomic mass is 35.5. The molecule has 156 valence electrons. The summed E-state index contributed by atoms with van der Waals surface area (Å²) < 4.78 is 51.2. The van der Waals surface area contributed by atoms with E-state index < -0.39 is 25.6 Å². The molecule has 1 heterocycles. The molecule has 0 amide bonds. The van der Waals surface area contributed by atoms with E-state index in [9.17, 15) is 21.6 Å². The van der Waals surface area contributed by atoms with E-state index in [1.54, 1.807) is 25.3 Å². The molecule has 0 atom stereocenters. The standard InChI is InChI=1S/C20H17ClN2O5S2/c1-13-17(4-3-11-22-13)20(24)18-12-14(21)5-10-19(18)23-30(27,28)16-8-6-15(7-9-16)29(2,25)26/h3-12,23H,1-2H3. The van der Waals surface area contributed by atoms with Crippen LogP contribution in [0.4, 0.5) is 5.69 Å². The second-order valence-corrected chi connectivity index (χ2v) is 10.6. The largest absolute Gasteiger partial charge is 0.288 e. The molecule has 1 N–H and O–H groups in total. The molecule has 0 aliphatic carbocycles. The fourth-order valence-electron chi connectivity index (χ4n) is 2.73. The molecule has 3 aromatic rings. The van der Waals surface area contributed by atoms with Crippen molar-refractivity contribution in [2.24, 2.45) is 0 Å². The lowest BCUT2D eigenvalue weighted by atomic mass is 10.0. The highest BCUT2D eigenvalue weighted by Crippen LogP contribution is 2.27. The number of sulfonamides is 1. The van der Waals surface area contributed by atoms with Gasteiger partial charge in [-0.15, -0.1) is 0 Å². The van der Waals surface area contributed by atoms with Crippen LogP contribution in [0.5, 0.6) is 0 Å². The van der Waals surface area contributed by atoms with Crippen molar-refractivity contribution < 1.29 is 21.6 Å². The summed E-state index contributed by atoms with van der Waals surface area (Å²) in [6.45, 7) is 1.67. The molecule has 2 aromatic carbocycles. The quantitative estimate of drug-likeness (QED) is 0.559. The average molecular weight is 465 g/mol. The maximum Gasteiger partial charge on any atom is 0.261 e. The van der Waals surface area contributed by atoms with Gasteiger partial charge in [-0.05, 0) is 61.5 Å². The average Bonchev–Trinajstić information content (AvgIpc) is 2.68. The topological polar surface area (TPSA) is 110 Å². The predicted octanol–water partition coefficient (Wildman–Crippen LogP) is 3.48. The summed E-state index contributed by atoms with van der Waals surface area (Å²) >= 11 is 6.03. The summed E-state index contributed by atoms with van der Waals surface area (Å²) in [5, 5.41) is 0.264. The lowest BCUT2D eigenvalue weighted by Gasteiger charge is -2.13. The summed E-state index contributed by atoms with van der Waals surface area (Å²) in [6, 6.07) is 12.2. The van der Waals surface area contributed by atoms with Gasteiger partial charge in [0, 0.05) is 34.3 Å². The number of halogens is 1. The highest BCUT2D eigenvalue weighted by Gasteiger charge is 2.22. The third-order valence-corrected chi connectivity index (χ3v) is 7.03. The van der Waals surface area contributed by atoms with Gasteiger partial charge in [0.1, 0.15) is 0 Å². The highest BCUT2D eigenvalue weighted by molar-refractivity contribution is 7.92. The third-order valence-electron chi connectivity index (χ3n) is 4.28. The minimum absolute atomic E-state index is 0.00383. The van der Waals surface area contributed by atoms with Gasteiger partial charge in [-0.2, -0.15) is 0 Å². The Morgan fingerprint density at radius 1 is 0.933 bits per heavy atom. The Balaban J connectivity index is 2.01. The molecule has 0 bridgehead atoms. The summed E-state index contributed by atoms with van der Waals surface area (Å²) in [7, 11) is -7.55. The zero-order valence-corrected chi connectivity index (χ0v) is 18.3. The number of anilines is 1. The number of aryl methyl sites for hydroxylation is 1. The maximum absolute atomic E-state index is 13.0. The Morgan fingerprint density at radius 3 is 2.17 bits per heavy atom. The molecule has 0 fully saturated rings. The summed E-state index contributed by atoms with van der Waals surface area (Å²) in [5.41, 5.74) is 0.917. The molecule has 0 unspecified atom stereocenters. The second kappa shape index (κ2) is 8.17. The van der Waals surface area contributed by atoms with Crippen LogP contribution in [-0.4, -0.2) is 33.9 Å². The van der Waals surface area contributed by atoms with Crippen molar-refractivity contribution >= 4 is 42.9 Å². The van der Waals surface area contributed by atoms with Gasteiger partial charge in [-0.1, -0.05) is 11.6 Å². The first-order chi connectivity index (χ1) is 14.0. The number of benzene rings is 2. The number of aromatic nitrogens is 1. The SMILES string of the molecule is Cc1ncccc1C(=O)c1cc(Cl)ccc1NS(=O)(=O)c1ccc(S(C)(=O)=O)cc1. The minimum atomic E-state index is -4.09. The van der Waals surface area contributed by atoms with Gasteiger partial charge >= 0.3 is 0 Å². The third kappa shape index (κ3) is 4.69. The molecule has 0 spiro atoms. The molecule has 10 heteroatoms. The molecular formula is C20H17ClN2O5S2. The first-order valence-electron chi connectivity index (χ1n) is 8.58. The van der Waals surface area contributed by atoms with Gasteiger partial charge < -0.3 is 0 Å². The fraction of sp³-hybridized carbons (Fsp3) is 0.100. The zero-order valence-electron chi connectivity index (χ0n) is 16.0. The van der Waals surface area contributed by atoms with E-state index in [0.29, 0.717) is 11.3 Å². The molecule has 3 rings (SSSR count). The van der Waals surface area contributed by atoms with E-state index in [0.717, 1.165) is 6.26 Å². The molecule has 0 aliphatic rings. The normalized spacial score (nSPS) is 11.8. The van der Waals surface area contributed by atoms with Crippen molar-refractivity contribution in [3.8, 4) is 0 Å². The first kappa shape index (κ1) is 21.9. The van der Waals surface area contributed by atoms with Gasteiger partial charge in [0.25, 0.3) is 10.0 Å². The van der Waals surface area contributed by atoms with Crippen molar-refractivity contribution in [3.05, 3.63) is 82.6 Å². The Hall–Kier alpha value is -2.75. The van der Waals surface area contributed by atoms with Crippen LogP contribution in [0.3, 0.4) is 0 Å². The lowest BCUT2D eigenvalue weighted by molar-refractivity contribution is 0.103. The van der Waals surface area contributed by atoms with E-state index in [1.165, 1.54) is 42.5 Å². The van der Waals surface area contributed by atoms with Crippen LogP contribution >= 0.6 is 11.6 Å². The van der Waals surface area contributed by atoms with Crippen molar-refractivity contribution in [1.82, 2.24) is 4.98 Å². The molecular weight excluding hydrogens is 448 g/mol. The Kier molecular flexibility index (Phi) is 5.98. The number of carbonyl (C=O) groups excluding carboxylic acids is 1. The number of rotatable bonds is 6. The van der Waals surface area contributed by atoms with Crippen LogP contribution in [-0.2, 0) is 19.9 Å².